The Morgan fingerprint density at radius 2 is 1.80 bits per heavy atom. The van der Waals surface area contributed by atoms with Gasteiger partial charge >= 0.3 is 5.97 Å². The summed E-state index contributed by atoms with van der Waals surface area (Å²) in [5, 5.41) is 0. The molecule has 0 amide bonds. The van der Waals surface area contributed by atoms with Gasteiger partial charge in [-0.1, -0.05) is 19.1 Å². The fraction of sp³-hybridized carbons (Fsp3) is 0.588. The van der Waals surface area contributed by atoms with Crippen molar-refractivity contribution in [2.45, 2.75) is 57.5 Å². The van der Waals surface area contributed by atoms with Gasteiger partial charge in [0.25, 0.3) is 0 Å². The maximum atomic E-state index is 11.5. The van der Waals surface area contributed by atoms with E-state index in [4.69, 9.17) is 9.47 Å². The Bertz CT molecular complexity index is 416. The molecule has 0 radical (unpaired) electrons. The third kappa shape index (κ3) is 3.99. The van der Waals surface area contributed by atoms with Crippen molar-refractivity contribution in [2.75, 3.05) is 7.11 Å². The maximum absolute atomic E-state index is 11.5. The minimum Gasteiger partial charge on any atom is -0.497 e. The molecule has 0 N–H and O–H groups in total. The van der Waals surface area contributed by atoms with Crippen LogP contribution in [0.25, 0.3) is 0 Å². The molecule has 20 heavy (non-hydrogen) atoms. The number of hydrogen-bond donors (Lipinski definition) is 0. The van der Waals surface area contributed by atoms with Gasteiger partial charge in [-0.3, -0.25) is 4.79 Å². The molecule has 3 nitrogen and oxygen atoms in total. The van der Waals surface area contributed by atoms with Crippen molar-refractivity contribution in [3.63, 3.8) is 0 Å². The summed E-state index contributed by atoms with van der Waals surface area (Å²) in [5.41, 5.74) is 1.36. The average molecular weight is 276 g/mol. The Morgan fingerprint density at radius 1 is 1.15 bits per heavy atom. The Balaban J connectivity index is 1.82. The van der Waals surface area contributed by atoms with Crippen molar-refractivity contribution in [3.8, 4) is 5.75 Å². The second kappa shape index (κ2) is 7.32. The lowest BCUT2D eigenvalue weighted by molar-refractivity contribution is -0.150. The van der Waals surface area contributed by atoms with Crippen LogP contribution in [0.2, 0.25) is 0 Å². The second-order valence-corrected chi connectivity index (χ2v) is 5.49. The van der Waals surface area contributed by atoms with Crippen LogP contribution in [0.15, 0.2) is 24.3 Å². The van der Waals surface area contributed by atoms with E-state index < -0.39 is 0 Å². The zero-order valence-electron chi connectivity index (χ0n) is 12.4. The monoisotopic (exact) mass is 276 g/mol. The first-order valence-corrected chi connectivity index (χ1v) is 7.56. The highest BCUT2D eigenvalue weighted by atomic mass is 16.5. The van der Waals surface area contributed by atoms with Crippen LogP contribution >= 0.6 is 0 Å². The SMILES string of the molecule is CCCC(=O)OC1CCC(c2ccc(OC)cc2)CC1. The predicted molar refractivity (Wildman–Crippen MR) is 79.0 cm³/mol. The molecule has 0 spiro atoms. The highest BCUT2D eigenvalue weighted by molar-refractivity contribution is 5.69. The number of esters is 1. The van der Waals surface area contributed by atoms with E-state index >= 15 is 0 Å². The highest BCUT2D eigenvalue weighted by Crippen LogP contribution is 2.34. The molecule has 1 aliphatic rings. The number of carbonyl (C=O) groups is 1. The molecule has 1 fully saturated rings. The van der Waals surface area contributed by atoms with Crippen LogP contribution in [0.3, 0.4) is 0 Å². The highest BCUT2D eigenvalue weighted by Gasteiger charge is 2.24. The molecule has 3 heteroatoms. The third-order valence-electron chi connectivity index (χ3n) is 4.01. The summed E-state index contributed by atoms with van der Waals surface area (Å²) in [6.07, 6.45) is 5.67. The number of carbonyl (C=O) groups excluding carboxylic acids is 1. The molecular weight excluding hydrogens is 252 g/mol. The van der Waals surface area contributed by atoms with E-state index in [1.54, 1.807) is 7.11 Å². The van der Waals surface area contributed by atoms with Crippen LogP contribution in [-0.2, 0) is 9.53 Å². The zero-order valence-corrected chi connectivity index (χ0v) is 12.4. The standard InChI is InChI=1S/C17H24O3/c1-3-4-17(18)20-16-11-7-14(8-12-16)13-5-9-15(19-2)10-6-13/h5-6,9-10,14,16H,3-4,7-8,11-12H2,1-2H3. The Morgan fingerprint density at radius 3 is 2.35 bits per heavy atom. The topological polar surface area (TPSA) is 35.5 Å². The molecule has 0 unspecified atom stereocenters. The molecule has 0 aromatic heterocycles. The lowest BCUT2D eigenvalue weighted by Crippen LogP contribution is -2.23. The smallest absolute Gasteiger partial charge is 0.306 e. The van der Waals surface area contributed by atoms with E-state index in [0.29, 0.717) is 12.3 Å². The van der Waals surface area contributed by atoms with Gasteiger partial charge in [-0.15, -0.1) is 0 Å². The van der Waals surface area contributed by atoms with Gasteiger partial charge < -0.3 is 9.47 Å². The molecule has 1 aromatic carbocycles. The summed E-state index contributed by atoms with van der Waals surface area (Å²) in [6, 6.07) is 8.32. The summed E-state index contributed by atoms with van der Waals surface area (Å²) < 4.78 is 10.7. The predicted octanol–water partition coefficient (Wildman–Crippen LogP) is 4.06. The fourth-order valence-electron chi connectivity index (χ4n) is 2.84. The summed E-state index contributed by atoms with van der Waals surface area (Å²) >= 11 is 0. The first kappa shape index (κ1) is 14.9. The molecule has 0 heterocycles. The van der Waals surface area contributed by atoms with Crippen molar-refractivity contribution in [2.24, 2.45) is 0 Å². The largest absolute Gasteiger partial charge is 0.497 e. The van der Waals surface area contributed by atoms with Crippen LogP contribution in [0, 0.1) is 0 Å². The number of benzene rings is 1. The van der Waals surface area contributed by atoms with E-state index in [0.717, 1.165) is 37.9 Å². The van der Waals surface area contributed by atoms with Crippen molar-refractivity contribution in [1.29, 1.82) is 0 Å². The van der Waals surface area contributed by atoms with Crippen LogP contribution in [0.4, 0.5) is 0 Å². The van der Waals surface area contributed by atoms with E-state index in [1.807, 2.05) is 19.1 Å². The van der Waals surface area contributed by atoms with Gasteiger partial charge in [0.15, 0.2) is 0 Å². The van der Waals surface area contributed by atoms with E-state index in [2.05, 4.69) is 12.1 Å². The van der Waals surface area contributed by atoms with Crippen molar-refractivity contribution >= 4 is 5.97 Å². The average Bonchev–Trinajstić information content (AvgIpc) is 2.48. The minimum absolute atomic E-state index is 0.0413. The fourth-order valence-corrected chi connectivity index (χ4v) is 2.84. The maximum Gasteiger partial charge on any atom is 0.306 e. The quantitative estimate of drug-likeness (QED) is 0.761. The summed E-state index contributed by atoms with van der Waals surface area (Å²) in [5.74, 6) is 1.44. The van der Waals surface area contributed by atoms with Gasteiger partial charge in [0, 0.05) is 6.42 Å². The lowest BCUT2D eigenvalue weighted by atomic mass is 9.83. The molecule has 1 saturated carbocycles. The van der Waals surface area contributed by atoms with Crippen molar-refractivity contribution in [3.05, 3.63) is 29.8 Å². The number of methoxy groups -OCH3 is 1. The van der Waals surface area contributed by atoms with Crippen LogP contribution in [0.5, 0.6) is 5.75 Å². The molecule has 0 aliphatic heterocycles. The molecule has 110 valence electrons. The Labute approximate surface area is 121 Å². The minimum atomic E-state index is -0.0413. The Hall–Kier alpha value is -1.51. The van der Waals surface area contributed by atoms with Crippen LogP contribution in [-0.4, -0.2) is 19.2 Å². The second-order valence-electron chi connectivity index (χ2n) is 5.49. The zero-order chi connectivity index (χ0) is 14.4. The van der Waals surface area contributed by atoms with E-state index in [1.165, 1.54) is 5.56 Å². The summed E-state index contributed by atoms with van der Waals surface area (Å²) in [4.78, 5) is 11.5. The van der Waals surface area contributed by atoms with Gasteiger partial charge in [0.1, 0.15) is 11.9 Å². The molecule has 0 saturated heterocycles. The summed E-state index contributed by atoms with van der Waals surface area (Å²) in [6.45, 7) is 2.00. The van der Waals surface area contributed by atoms with Gasteiger partial charge in [-0.2, -0.15) is 0 Å². The van der Waals surface area contributed by atoms with Crippen molar-refractivity contribution in [1.82, 2.24) is 0 Å². The van der Waals surface area contributed by atoms with Gasteiger partial charge in [0.2, 0.25) is 0 Å². The van der Waals surface area contributed by atoms with Crippen molar-refractivity contribution < 1.29 is 14.3 Å². The Kier molecular flexibility index (Phi) is 5.45. The van der Waals surface area contributed by atoms with E-state index in [9.17, 15) is 4.79 Å². The van der Waals surface area contributed by atoms with Crippen LogP contribution < -0.4 is 4.74 Å². The number of hydrogen-bond acceptors (Lipinski definition) is 3. The van der Waals surface area contributed by atoms with Crippen LogP contribution in [0.1, 0.15) is 56.9 Å². The van der Waals surface area contributed by atoms with Gasteiger partial charge in [0.05, 0.1) is 7.11 Å². The summed E-state index contributed by atoms with van der Waals surface area (Å²) in [7, 11) is 1.69. The normalized spacial score (nSPS) is 22.3. The first-order chi connectivity index (χ1) is 9.72. The molecule has 1 aliphatic carbocycles. The lowest BCUT2D eigenvalue weighted by Gasteiger charge is -2.28. The number of ether oxygens (including phenoxy) is 2. The third-order valence-corrected chi connectivity index (χ3v) is 4.01. The molecule has 1 aromatic rings. The molecule has 2 rings (SSSR count). The molecule has 0 atom stereocenters. The van der Waals surface area contributed by atoms with Gasteiger partial charge in [-0.25, -0.2) is 0 Å². The molecule has 0 bridgehead atoms. The number of rotatable bonds is 5. The first-order valence-electron chi connectivity index (χ1n) is 7.56. The van der Waals surface area contributed by atoms with E-state index in [-0.39, 0.29) is 12.1 Å². The van der Waals surface area contributed by atoms with Gasteiger partial charge in [-0.05, 0) is 55.7 Å². The molecular formula is C17H24O3.